The number of sulfonamides is 1. The van der Waals surface area contributed by atoms with Gasteiger partial charge >= 0.3 is 6.61 Å². The van der Waals surface area contributed by atoms with Gasteiger partial charge in [0, 0.05) is 24.3 Å². The first-order chi connectivity index (χ1) is 16.1. The summed E-state index contributed by atoms with van der Waals surface area (Å²) in [6, 6.07) is 10.8. The molecule has 0 aliphatic heterocycles. The molecule has 0 bridgehead atoms. The lowest BCUT2D eigenvalue weighted by Crippen LogP contribution is -3.08. The van der Waals surface area contributed by atoms with Crippen LogP contribution in [0, 0.1) is 0 Å². The van der Waals surface area contributed by atoms with Gasteiger partial charge in [-0.3, -0.25) is 4.79 Å². The summed E-state index contributed by atoms with van der Waals surface area (Å²) in [7, 11) is -1.98. The minimum atomic E-state index is -3.79. The van der Waals surface area contributed by atoms with E-state index < -0.39 is 16.6 Å². The van der Waals surface area contributed by atoms with Crippen LogP contribution in [0.1, 0.15) is 26.3 Å². The fourth-order valence-electron chi connectivity index (χ4n) is 3.44. The summed E-state index contributed by atoms with van der Waals surface area (Å²) in [6.07, 6.45) is 0. The number of nitrogens with zero attached hydrogens (tertiary/aromatic N) is 1. The van der Waals surface area contributed by atoms with E-state index in [0.29, 0.717) is 31.9 Å². The normalized spacial score (nSPS) is 12.6. The molecule has 0 aliphatic rings. The number of carbonyl (C=O) groups excluding carboxylic acids is 1. The molecule has 0 aliphatic carbocycles. The van der Waals surface area contributed by atoms with Crippen LogP contribution in [0.2, 0.25) is 0 Å². The Morgan fingerprint density at radius 2 is 1.74 bits per heavy atom. The summed E-state index contributed by atoms with van der Waals surface area (Å²) < 4.78 is 61.8. The first-order valence-electron chi connectivity index (χ1n) is 11.0. The number of likely N-dealkylation sites (N-methyl/N-ethyl adjacent to an activating group) is 1. The standard InChI is InChI=1S/C23H31F2N3O5S/c1-5-28(6-2)34(30,31)21-14-18(10-13-20(21)32-7-3)26-22(29)16-27(4)15-17-8-11-19(12-9-17)33-23(24)25/h8-14,23H,5-7,15-16H2,1-4H3,(H,26,29)/p+1. The van der Waals surface area contributed by atoms with Crippen molar-refractivity contribution in [1.29, 1.82) is 0 Å². The fraction of sp³-hybridized carbons (Fsp3) is 0.435. The number of quaternary nitrogens is 1. The number of anilines is 1. The summed E-state index contributed by atoms with van der Waals surface area (Å²) in [5.41, 5.74) is 1.20. The van der Waals surface area contributed by atoms with Gasteiger partial charge in [-0.2, -0.15) is 13.1 Å². The van der Waals surface area contributed by atoms with Gasteiger partial charge in [-0.1, -0.05) is 13.8 Å². The van der Waals surface area contributed by atoms with Crippen molar-refractivity contribution in [1.82, 2.24) is 4.31 Å². The van der Waals surface area contributed by atoms with Crippen molar-refractivity contribution in [2.45, 2.75) is 38.8 Å². The largest absolute Gasteiger partial charge is 0.492 e. The Morgan fingerprint density at radius 1 is 1.09 bits per heavy atom. The van der Waals surface area contributed by atoms with Gasteiger partial charge in [0.2, 0.25) is 10.0 Å². The number of hydrogen-bond donors (Lipinski definition) is 2. The minimum Gasteiger partial charge on any atom is -0.492 e. The Kier molecular flexibility index (Phi) is 10.2. The van der Waals surface area contributed by atoms with E-state index >= 15 is 0 Å². The van der Waals surface area contributed by atoms with E-state index in [-0.39, 0.29) is 28.8 Å². The Hall–Kier alpha value is -2.76. The molecule has 8 nitrogen and oxygen atoms in total. The zero-order chi connectivity index (χ0) is 25.3. The lowest BCUT2D eigenvalue weighted by molar-refractivity contribution is -0.885. The highest BCUT2D eigenvalue weighted by Gasteiger charge is 2.26. The maximum absolute atomic E-state index is 13.1. The molecule has 0 saturated heterocycles. The van der Waals surface area contributed by atoms with Crippen molar-refractivity contribution < 1.29 is 36.4 Å². The molecule has 0 fully saturated rings. The summed E-state index contributed by atoms with van der Waals surface area (Å²) in [5.74, 6) is 0.0000230. The molecule has 2 aromatic rings. The maximum atomic E-state index is 13.1. The molecule has 1 amide bonds. The van der Waals surface area contributed by atoms with E-state index in [0.717, 1.165) is 10.5 Å². The second-order valence-electron chi connectivity index (χ2n) is 7.57. The van der Waals surface area contributed by atoms with E-state index in [9.17, 15) is 22.0 Å². The van der Waals surface area contributed by atoms with Gasteiger partial charge in [0.05, 0.1) is 13.7 Å². The molecule has 11 heteroatoms. The number of rotatable bonds is 13. The van der Waals surface area contributed by atoms with Crippen LogP contribution in [0.3, 0.4) is 0 Å². The molecule has 1 atom stereocenters. The molecule has 2 N–H and O–H groups in total. The lowest BCUT2D eigenvalue weighted by atomic mass is 10.2. The maximum Gasteiger partial charge on any atom is 0.387 e. The third-order valence-corrected chi connectivity index (χ3v) is 7.04. The minimum absolute atomic E-state index is 0.00246. The van der Waals surface area contributed by atoms with E-state index in [1.165, 1.54) is 28.6 Å². The molecule has 0 spiro atoms. The summed E-state index contributed by atoms with van der Waals surface area (Å²) in [5, 5.41) is 2.74. The average molecular weight is 501 g/mol. The number of benzene rings is 2. The van der Waals surface area contributed by atoms with Crippen molar-refractivity contribution in [3.63, 3.8) is 0 Å². The zero-order valence-corrected chi connectivity index (χ0v) is 20.6. The summed E-state index contributed by atoms with van der Waals surface area (Å²) in [6.45, 7) is 3.91. The van der Waals surface area contributed by atoms with Crippen LogP contribution in [0.25, 0.3) is 0 Å². The molecule has 2 rings (SSSR count). The van der Waals surface area contributed by atoms with Gasteiger partial charge in [0.1, 0.15) is 22.9 Å². The Bertz CT molecular complexity index is 1050. The van der Waals surface area contributed by atoms with Crippen molar-refractivity contribution in [3.8, 4) is 11.5 Å². The topological polar surface area (TPSA) is 89.4 Å². The van der Waals surface area contributed by atoms with Crippen LogP contribution in [-0.2, 0) is 21.4 Å². The highest BCUT2D eigenvalue weighted by Crippen LogP contribution is 2.30. The van der Waals surface area contributed by atoms with Crippen LogP contribution >= 0.6 is 0 Å². The monoisotopic (exact) mass is 500 g/mol. The molecular formula is C23H32F2N3O5S+. The number of alkyl halides is 2. The van der Waals surface area contributed by atoms with Crippen molar-refractivity contribution in [3.05, 3.63) is 48.0 Å². The highest BCUT2D eigenvalue weighted by atomic mass is 32.2. The molecule has 0 aromatic heterocycles. The van der Waals surface area contributed by atoms with Crippen LogP contribution < -0.4 is 19.7 Å². The number of carbonyl (C=O) groups is 1. The molecule has 34 heavy (non-hydrogen) atoms. The smallest absolute Gasteiger partial charge is 0.387 e. The third-order valence-electron chi connectivity index (χ3n) is 4.97. The SMILES string of the molecule is CCOc1ccc(NC(=O)C[NH+](C)Cc2ccc(OC(F)F)cc2)cc1S(=O)(=O)N(CC)CC. The molecular weight excluding hydrogens is 468 g/mol. The van der Waals surface area contributed by atoms with Gasteiger partial charge in [-0.05, 0) is 49.4 Å². The van der Waals surface area contributed by atoms with Gasteiger partial charge in [0.15, 0.2) is 6.54 Å². The molecule has 0 saturated carbocycles. The Balaban J connectivity index is 2.09. The highest BCUT2D eigenvalue weighted by molar-refractivity contribution is 7.89. The molecule has 1 unspecified atom stereocenters. The Morgan fingerprint density at radius 3 is 2.29 bits per heavy atom. The van der Waals surface area contributed by atoms with Crippen LogP contribution in [0.15, 0.2) is 47.4 Å². The average Bonchev–Trinajstić information content (AvgIpc) is 2.76. The number of halogens is 2. The van der Waals surface area contributed by atoms with E-state index in [4.69, 9.17) is 4.74 Å². The van der Waals surface area contributed by atoms with Crippen LogP contribution in [0.4, 0.5) is 14.5 Å². The first-order valence-corrected chi connectivity index (χ1v) is 12.5. The van der Waals surface area contributed by atoms with E-state index in [1.807, 2.05) is 7.05 Å². The fourth-order valence-corrected chi connectivity index (χ4v) is 5.06. The quantitative estimate of drug-likeness (QED) is 0.441. The Labute approximate surface area is 199 Å². The first kappa shape index (κ1) is 27.5. The predicted octanol–water partition coefficient (Wildman–Crippen LogP) is 2.37. The lowest BCUT2D eigenvalue weighted by Gasteiger charge is -2.21. The molecule has 188 valence electrons. The van der Waals surface area contributed by atoms with Gasteiger partial charge < -0.3 is 19.7 Å². The number of hydrogen-bond acceptors (Lipinski definition) is 5. The predicted molar refractivity (Wildman–Crippen MR) is 125 cm³/mol. The summed E-state index contributed by atoms with van der Waals surface area (Å²) in [4.78, 5) is 13.4. The van der Waals surface area contributed by atoms with E-state index in [2.05, 4.69) is 10.1 Å². The van der Waals surface area contributed by atoms with E-state index in [1.54, 1.807) is 39.0 Å². The molecule has 0 radical (unpaired) electrons. The second kappa shape index (κ2) is 12.6. The number of amides is 1. The number of ether oxygens (including phenoxy) is 2. The molecule has 0 heterocycles. The third kappa shape index (κ3) is 7.64. The van der Waals surface area contributed by atoms with Crippen molar-refractivity contribution >= 4 is 21.6 Å². The van der Waals surface area contributed by atoms with Crippen LogP contribution in [0.5, 0.6) is 11.5 Å². The zero-order valence-electron chi connectivity index (χ0n) is 19.8. The van der Waals surface area contributed by atoms with Crippen molar-refractivity contribution in [2.75, 3.05) is 38.6 Å². The van der Waals surface area contributed by atoms with Gasteiger partial charge in [-0.15, -0.1) is 0 Å². The van der Waals surface area contributed by atoms with Gasteiger partial charge in [0.25, 0.3) is 5.91 Å². The summed E-state index contributed by atoms with van der Waals surface area (Å²) >= 11 is 0. The van der Waals surface area contributed by atoms with Crippen LogP contribution in [-0.4, -0.2) is 58.5 Å². The number of nitrogens with one attached hydrogen (secondary N) is 2. The molecule has 2 aromatic carbocycles. The second-order valence-corrected chi connectivity index (χ2v) is 9.47. The van der Waals surface area contributed by atoms with Crippen molar-refractivity contribution in [2.24, 2.45) is 0 Å². The van der Waals surface area contributed by atoms with Gasteiger partial charge in [-0.25, -0.2) is 8.42 Å².